The van der Waals surface area contributed by atoms with Gasteiger partial charge in [-0.2, -0.15) is 0 Å². The first-order valence-corrected chi connectivity index (χ1v) is 5.91. The molecule has 2 aromatic rings. The van der Waals surface area contributed by atoms with Gasteiger partial charge >= 0.3 is 5.97 Å². The number of hydrogen-bond donors (Lipinski definition) is 1. The van der Waals surface area contributed by atoms with Gasteiger partial charge in [0.05, 0.1) is 21.3 Å². The Labute approximate surface area is 114 Å². The molecule has 0 amide bonds. The van der Waals surface area contributed by atoms with E-state index in [9.17, 15) is 9.90 Å². The zero-order valence-corrected chi connectivity index (χ0v) is 11.0. The topological polar surface area (TPSA) is 50.2 Å². The highest BCUT2D eigenvalue weighted by Crippen LogP contribution is 2.35. The molecule has 0 atom stereocenters. The van der Waals surface area contributed by atoms with Crippen molar-refractivity contribution in [3.05, 3.63) is 51.6 Å². The summed E-state index contributed by atoms with van der Waals surface area (Å²) in [6, 6.07) is 6.64. The van der Waals surface area contributed by atoms with Gasteiger partial charge in [0, 0.05) is 11.8 Å². The van der Waals surface area contributed by atoms with Gasteiger partial charge in [-0.3, -0.25) is 4.98 Å². The van der Waals surface area contributed by atoms with E-state index in [-0.39, 0.29) is 11.3 Å². The standard InChI is InChI=1S/C13H9Cl2NO2/c1-7-5-6-16-12(10(7)13(17)18)11-8(14)3-2-4-9(11)15/h2-6H,1H3,(H,17,18). The van der Waals surface area contributed by atoms with Gasteiger partial charge in [0.25, 0.3) is 0 Å². The summed E-state index contributed by atoms with van der Waals surface area (Å²) in [5.41, 5.74) is 1.47. The Balaban J connectivity index is 2.80. The van der Waals surface area contributed by atoms with Crippen LogP contribution < -0.4 is 0 Å². The first-order valence-electron chi connectivity index (χ1n) is 5.15. The Morgan fingerprint density at radius 1 is 1.22 bits per heavy atom. The largest absolute Gasteiger partial charge is 0.478 e. The van der Waals surface area contributed by atoms with Gasteiger partial charge in [-0.05, 0) is 30.7 Å². The van der Waals surface area contributed by atoms with Crippen molar-refractivity contribution in [2.45, 2.75) is 6.92 Å². The Kier molecular flexibility index (Phi) is 3.55. The number of aryl methyl sites for hydroxylation is 1. The van der Waals surface area contributed by atoms with E-state index in [1.165, 1.54) is 6.20 Å². The van der Waals surface area contributed by atoms with Crippen LogP contribution in [0.15, 0.2) is 30.5 Å². The van der Waals surface area contributed by atoms with Crippen molar-refractivity contribution in [2.75, 3.05) is 0 Å². The minimum Gasteiger partial charge on any atom is -0.478 e. The molecule has 0 saturated carbocycles. The first-order chi connectivity index (χ1) is 8.52. The fourth-order valence-electron chi connectivity index (χ4n) is 1.74. The minimum atomic E-state index is -1.05. The minimum absolute atomic E-state index is 0.118. The summed E-state index contributed by atoms with van der Waals surface area (Å²) in [5, 5.41) is 10.0. The lowest BCUT2D eigenvalue weighted by Crippen LogP contribution is -2.05. The van der Waals surface area contributed by atoms with Crippen LogP contribution in [-0.2, 0) is 0 Å². The van der Waals surface area contributed by atoms with Crippen LogP contribution in [0.3, 0.4) is 0 Å². The van der Waals surface area contributed by atoms with Gasteiger partial charge in [0.15, 0.2) is 0 Å². The number of pyridine rings is 1. The van der Waals surface area contributed by atoms with Gasteiger partial charge in [-0.25, -0.2) is 4.79 Å². The molecule has 0 fully saturated rings. The number of nitrogens with zero attached hydrogens (tertiary/aromatic N) is 1. The van der Waals surface area contributed by atoms with E-state index in [0.717, 1.165) is 0 Å². The van der Waals surface area contributed by atoms with Crippen LogP contribution in [0.2, 0.25) is 10.0 Å². The summed E-state index contributed by atoms with van der Waals surface area (Å²) < 4.78 is 0. The highest BCUT2D eigenvalue weighted by molar-refractivity contribution is 6.39. The van der Waals surface area contributed by atoms with E-state index in [4.69, 9.17) is 23.2 Å². The molecule has 0 radical (unpaired) electrons. The summed E-state index contributed by atoms with van der Waals surface area (Å²) >= 11 is 12.2. The summed E-state index contributed by atoms with van der Waals surface area (Å²) in [4.78, 5) is 15.4. The normalized spacial score (nSPS) is 10.4. The maximum atomic E-state index is 11.3. The predicted octanol–water partition coefficient (Wildman–Crippen LogP) is 4.06. The second-order valence-corrected chi connectivity index (χ2v) is 4.57. The molecule has 0 aliphatic carbocycles. The van der Waals surface area contributed by atoms with Crippen molar-refractivity contribution in [3.8, 4) is 11.3 Å². The fourth-order valence-corrected chi connectivity index (χ4v) is 2.32. The van der Waals surface area contributed by atoms with E-state index in [2.05, 4.69) is 4.98 Å². The van der Waals surface area contributed by atoms with E-state index in [1.807, 2.05) is 0 Å². The van der Waals surface area contributed by atoms with Gasteiger partial charge in [0.2, 0.25) is 0 Å². The maximum absolute atomic E-state index is 11.3. The molecule has 2 rings (SSSR count). The average molecular weight is 282 g/mol. The molecule has 0 saturated heterocycles. The van der Waals surface area contributed by atoms with Crippen molar-refractivity contribution in [2.24, 2.45) is 0 Å². The SMILES string of the molecule is Cc1ccnc(-c2c(Cl)cccc2Cl)c1C(=O)O. The van der Waals surface area contributed by atoms with E-state index >= 15 is 0 Å². The Hall–Kier alpha value is -1.58. The van der Waals surface area contributed by atoms with Gasteiger partial charge in [-0.15, -0.1) is 0 Å². The first kappa shape index (κ1) is 12.9. The number of carbonyl (C=O) groups is 1. The van der Waals surface area contributed by atoms with Crippen LogP contribution in [0.5, 0.6) is 0 Å². The fraction of sp³-hybridized carbons (Fsp3) is 0.0769. The molecule has 1 N–H and O–H groups in total. The van der Waals surface area contributed by atoms with Crippen molar-refractivity contribution >= 4 is 29.2 Å². The Bertz CT molecular complexity index is 606. The molecule has 1 heterocycles. The second kappa shape index (κ2) is 4.96. The highest BCUT2D eigenvalue weighted by Gasteiger charge is 2.19. The zero-order chi connectivity index (χ0) is 13.3. The quantitative estimate of drug-likeness (QED) is 0.903. The molecule has 3 nitrogen and oxygen atoms in total. The van der Waals surface area contributed by atoms with Crippen molar-refractivity contribution in [1.82, 2.24) is 4.98 Å². The number of halogens is 2. The highest BCUT2D eigenvalue weighted by atomic mass is 35.5. The molecule has 0 spiro atoms. The molecular formula is C13H9Cl2NO2. The lowest BCUT2D eigenvalue weighted by molar-refractivity contribution is 0.0696. The number of carboxylic acids is 1. The third kappa shape index (κ3) is 2.19. The lowest BCUT2D eigenvalue weighted by Gasteiger charge is -2.10. The monoisotopic (exact) mass is 281 g/mol. The molecule has 1 aromatic heterocycles. The van der Waals surface area contributed by atoms with Crippen LogP contribution >= 0.6 is 23.2 Å². The molecular weight excluding hydrogens is 273 g/mol. The summed E-state index contributed by atoms with van der Waals surface area (Å²) in [6.07, 6.45) is 1.54. The van der Waals surface area contributed by atoms with Crippen molar-refractivity contribution < 1.29 is 9.90 Å². The van der Waals surface area contributed by atoms with Gasteiger partial charge < -0.3 is 5.11 Å². The molecule has 0 aliphatic rings. The molecule has 0 unspecified atom stereocenters. The second-order valence-electron chi connectivity index (χ2n) is 3.75. The molecule has 92 valence electrons. The maximum Gasteiger partial charge on any atom is 0.338 e. The smallest absolute Gasteiger partial charge is 0.338 e. The number of hydrogen-bond acceptors (Lipinski definition) is 2. The van der Waals surface area contributed by atoms with E-state index < -0.39 is 5.97 Å². The molecule has 0 aliphatic heterocycles. The number of rotatable bonds is 2. The Morgan fingerprint density at radius 2 is 1.83 bits per heavy atom. The number of aromatic nitrogens is 1. The number of benzene rings is 1. The van der Waals surface area contributed by atoms with Crippen LogP contribution in [0.4, 0.5) is 0 Å². The lowest BCUT2D eigenvalue weighted by atomic mass is 10.0. The van der Waals surface area contributed by atoms with Crippen molar-refractivity contribution in [3.63, 3.8) is 0 Å². The number of aromatic carboxylic acids is 1. The van der Waals surface area contributed by atoms with Crippen LogP contribution in [0.1, 0.15) is 15.9 Å². The number of carboxylic acid groups (broad SMARTS) is 1. The third-order valence-electron chi connectivity index (χ3n) is 2.57. The molecule has 5 heteroatoms. The van der Waals surface area contributed by atoms with Gasteiger partial charge in [0.1, 0.15) is 0 Å². The van der Waals surface area contributed by atoms with E-state index in [1.54, 1.807) is 31.2 Å². The van der Waals surface area contributed by atoms with Crippen LogP contribution in [-0.4, -0.2) is 16.1 Å². The molecule has 1 aromatic carbocycles. The van der Waals surface area contributed by atoms with Crippen LogP contribution in [0, 0.1) is 6.92 Å². The summed E-state index contributed by atoms with van der Waals surface area (Å²) in [5.74, 6) is -1.05. The molecule has 18 heavy (non-hydrogen) atoms. The molecule has 0 bridgehead atoms. The van der Waals surface area contributed by atoms with Crippen LogP contribution in [0.25, 0.3) is 11.3 Å². The third-order valence-corrected chi connectivity index (χ3v) is 3.20. The zero-order valence-electron chi connectivity index (χ0n) is 9.45. The summed E-state index contributed by atoms with van der Waals surface area (Å²) in [7, 11) is 0. The Morgan fingerprint density at radius 3 is 2.39 bits per heavy atom. The average Bonchev–Trinajstić information content (AvgIpc) is 2.28. The summed E-state index contributed by atoms with van der Waals surface area (Å²) in [6.45, 7) is 1.71. The van der Waals surface area contributed by atoms with Crippen molar-refractivity contribution in [1.29, 1.82) is 0 Å². The van der Waals surface area contributed by atoms with E-state index in [0.29, 0.717) is 21.2 Å². The predicted molar refractivity (Wildman–Crippen MR) is 71.4 cm³/mol. The van der Waals surface area contributed by atoms with Gasteiger partial charge in [-0.1, -0.05) is 29.3 Å².